The number of hydrogen-bond acceptors (Lipinski definition) is 5. The van der Waals surface area contributed by atoms with Crippen molar-refractivity contribution in [3.8, 4) is 0 Å². The molecule has 4 rings (SSSR count). The number of amides is 2. The lowest BCUT2D eigenvalue weighted by Crippen LogP contribution is -2.28. The van der Waals surface area contributed by atoms with E-state index in [1.54, 1.807) is 45.9 Å². The number of aryl methyl sites for hydroxylation is 1. The Kier molecular flexibility index (Phi) is 9.68. The molecule has 44 heavy (non-hydrogen) atoms. The summed E-state index contributed by atoms with van der Waals surface area (Å²) in [5.41, 5.74) is -0.344. The minimum atomic E-state index is -3.49. The highest BCUT2D eigenvalue weighted by Crippen LogP contribution is 2.36. The van der Waals surface area contributed by atoms with E-state index in [2.05, 4.69) is 20.9 Å². The molecule has 7 nitrogen and oxygen atoms in total. The van der Waals surface area contributed by atoms with Gasteiger partial charge in [0.1, 0.15) is 17.2 Å². The summed E-state index contributed by atoms with van der Waals surface area (Å²) in [5, 5.41) is 7.67. The number of halogens is 5. The van der Waals surface area contributed by atoms with Gasteiger partial charge in [0, 0.05) is 33.8 Å². The number of nitrogens with zero attached hydrogens (tertiary/aromatic N) is 1. The molecule has 0 aliphatic heterocycles. The molecule has 0 saturated carbocycles. The number of fused-ring (bicyclic) bond motifs is 1. The third-order valence-corrected chi connectivity index (χ3v) is 6.94. The fraction of sp³-hybridized carbons (Fsp3) is 0.281. The average Bonchev–Trinajstić information content (AvgIpc) is 2.93. The van der Waals surface area contributed by atoms with Gasteiger partial charge in [-0.15, -0.1) is 0 Å². The topological polar surface area (TPSA) is 92.3 Å². The largest absolute Gasteiger partial charge is 0.444 e. The van der Waals surface area contributed by atoms with Crippen molar-refractivity contribution in [2.75, 3.05) is 17.2 Å². The fourth-order valence-corrected chi connectivity index (χ4v) is 4.66. The molecule has 3 N–H and O–H groups in total. The van der Waals surface area contributed by atoms with Gasteiger partial charge in [0.2, 0.25) is 5.91 Å². The predicted molar refractivity (Wildman–Crippen MR) is 162 cm³/mol. The molecule has 0 aliphatic carbocycles. The molecule has 0 atom stereocenters. The Labute approximate surface area is 257 Å². The van der Waals surface area contributed by atoms with E-state index in [1.807, 2.05) is 0 Å². The summed E-state index contributed by atoms with van der Waals surface area (Å²) < 4.78 is 65.2. The molecular formula is C32H31ClF4N4O3. The Morgan fingerprint density at radius 2 is 1.66 bits per heavy atom. The smallest absolute Gasteiger partial charge is 0.413 e. The van der Waals surface area contributed by atoms with Gasteiger partial charge >= 0.3 is 6.09 Å². The maximum Gasteiger partial charge on any atom is 0.413 e. The van der Waals surface area contributed by atoms with Crippen LogP contribution in [0.4, 0.5) is 33.9 Å². The third kappa shape index (κ3) is 7.96. The lowest BCUT2D eigenvalue weighted by Gasteiger charge is -2.21. The molecular weight excluding hydrogens is 600 g/mol. The fourth-order valence-electron chi connectivity index (χ4n) is 4.45. The van der Waals surface area contributed by atoms with Gasteiger partial charge in [0.15, 0.2) is 5.82 Å². The number of hydrogen-bond donors (Lipinski definition) is 3. The highest BCUT2D eigenvalue weighted by atomic mass is 35.5. The molecule has 232 valence electrons. The van der Waals surface area contributed by atoms with E-state index in [-0.39, 0.29) is 39.4 Å². The van der Waals surface area contributed by atoms with Gasteiger partial charge in [-0.2, -0.15) is 8.78 Å². The highest BCUT2D eigenvalue weighted by Gasteiger charge is 2.34. The number of alkyl halides is 2. The minimum absolute atomic E-state index is 0.0464. The third-order valence-electron chi connectivity index (χ3n) is 6.59. The number of aromatic nitrogens is 1. The van der Waals surface area contributed by atoms with E-state index in [9.17, 15) is 14.0 Å². The second kappa shape index (κ2) is 13.1. The van der Waals surface area contributed by atoms with Crippen LogP contribution in [0.25, 0.3) is 10.8 Å². The first kappa shape index (κ1) is 32.5. The van der Waals surface area contributed by atoms with Gasteiger partial charge < -0.3 is 15.4 Å². The molecule has 12 heteroatoms. The summed E-state index contributed by atoms with van der Waals surface area (Å²) in [5.74, 6) is -5.35. The normalized spacial score (nSPS) is 11.8. The SMILES string of the molecule is Cc1nc(NC(=O)OC(C)(C)C)ccc1CNC(=O)Cc1c(Cl)ccc(NCC(F)(F)c2ccc(F)c3ccccc23)c1F. The van der Waals surface area contributed by atoms with Crippen LogP contribution in [-0.4, -0.2) is 29.1 Å². The summed E-state index contributed by atoms with van der Waals surface area (Å²) >= 11 is 6.17. The number of carbonyl (C=O) groups excluding carboxylic acids is 2. The van der Waals surface area contributed by atoms with E-state index in [4.69, 9.17) is 16.3 Å². The monoisotopic (exact) mass is 630 g/mol. The number of benzene rings is 3. The van der Waals surface area contributed by atoms with Gasteiger partial charge in [-0.3, -0.25) is 10.1 Å². The second-order valence-corrected chi connectivity index (χ2v) is 11.5. The first-order valence-corrected chi connectivity index (χ1v) is 14.0. The molecule has 0 bridgehead atoms. The Hall–Kier alpha value is -4.38. The van der Waals surface area contributed by atoms with Gasteiger partial charge in [-0.05, 0) is 69.0 Å². The minimum Gasteiger partial charge on any atom is -0.444 e. The lowest BCUT2D eigenvalue weighted by atomic mass is 9.99. The van der Waals surface area contributed by atoms with Crippen LogP contribution in [0.2, 0.25) is 5.02 Å². The van der Waals surface area contributed by atoms with Crippen molar-refractivity contribution >= 4 is 45.9 Å². The zero-order chi connectivity index (χ0) is 32.2. The van der Waals surface area contributed by atoms with E-state index >= 15 is 13.2 Å². The number of nitrogens with one attached hydrogen (secondary N) is 3. The molecule has 4 aromatic rings. The van der Waals surface area contributed by atoms with Crippen LogP contribution in [0, 0.1) is 18.6 Å². The lowest BCUT2D eigenvalue weighted by molar-refractivity contribution is -0.120. The second-order valence-electron chi connectivity index (χ2n) is 11.1. The van der Waals surface area contributed by atoms with Gasteiger partial charge in [0.05, 0.1) is 18.7 Å². The van der Waals surface area contributed by atoms with Crippen LogP contribution in [0.5, 0.6) is 0 Å². The number of pyridine rings is 1. The standard InChI is InChI=1S/C32H31ClF4N4O3/c1-18-19(9-14-27(40-18)41-30(43)44-31(2,3)4)16-38-28(42)15-22-24(33)11-13-26(29(22)35)39-17-32(36,37)23-10-12-25(34)21-8-6-5-7-20(21)23/h5-14,39H,15-17H2,1-4H3,(H,38,42)(H,40,41,43). The maximum absolute atomic E-state index is 15.4. The van der Waals surface area contributed by atoms with Crippen LogP contribution in [-0.2, 0) is 28.4 Å². The van der Waals surface area contributed by atoms with Crippen molar-refractivity contribution in [3.63, 3.8) is 0 Å². The van der Waals surface area contributed by atoms with Crippen molar-refractivity contribution in [1.82, 2.24) is 10.3 Å². The average molecular weight is 631 g/mol. The Morgan fingerprint density at radius 1 is 0.955 bits per heavy atom. The number of ether oxygens (including phenoxy) is 1. The van der Waals surface area contributed by atoms with Crippen molar-refractivity contribution in [3.05, 3.63) is 99.7 Å². The zero-order valence-electron chi connectivity index (χ0n) is 24.5. The van der Waals surface area contributed by atoms with Crippen LogP contribution in [0.15, 0.2) is 60.7 Å². The van der Waals surface area contributed by atoms with Crippen LogP contribution in [0.1, 0.15) is 43.2 Å². The summed E-state index contributed by atoms with van der Waals surface area (Å²) in [6.45, 7) is 5.96. The quantitative estimate of drug-likeness (QED) is 0.164. The molecule has 0 aliphatic rings. The summed E-state index contributed by atoms with van der Waals surface area (Å²) in [6, 6.07) is 13.6. The van der Waals surface area contributed by atoms with Crippen molar-refractivity contribution in [2.24, 2.45) is 0 Å². The molecule has 1 aromatic heterocycles. The molecule has 3 aromatic carbocycles. The van der Waals surface area contributed by atoms with E-state index < -0.39 is 53.7 Å². The molecule has 0 radical (unpaired) electrons. The Bertz CT molecular complexity index is 1710. The molecule has 0 fully saturated rings. The molecule has 0 saturated heterocycles. The zero-order valence-corrected chi connectivity index (χ0v) is 25.2. The van der Waals surface area contributed by atoms with Crippen LogP contribution < -0.4 is 16.0 Å². The van der Waals surface area contributed by atoms with Crippen molar-refractivity contribution in [2.45, 2.75) is 52.2 Å². The number of rotatable bonds is 9. The molecule has 2 amide bonds. The summed E-state index contributed by atoms with van der Waals surface area (Å²) in [7, 11) is 0. The van der Waals surface area contributed by atoms with Gasteiger partial charge in [0.25, 0.3) is 5.92 Å². The summed E-state index contributed by atoms with van der Waals surface area (Å²) in [4.78, 5) is 29.0. The van der Waals surface area contributed by atoms with Crippen molar-refractivity contribution < 1.29 is 31.9 Å². The number of anilines is 2. The maximum atomic E-state index is 15.4. The highest BCUT2D eigenvalue weighted by molar-refractivity contribution is 6.31. The Morgan fingerprint density at radius 3 is 2.34 bits per heavy atom. The molecule has 0 unspecified atom stereocenters. The molecule has 0 spiro atoms. The summed E-state index contributed by atoms with van der Waals surface area (Å²) in [6.07, 6.45) is -1.11. The number of carbonyl (C=O) groups is 2. The van der Waals surface area contributed by atoms with E-state index in [0.29, 0.717) is 11.3 Å². The van der Waals surface area contributed by atoms with E-state index in [1.165, 1.54) is 30.3 Å². The first-order chi connectivity index (χ1) is 20.6. The Balaban J connectivity index is 1.40. The molecule has 1 heterocycles. The van der Waals surface area contributed by atoms with Crippen LogP contribution in [0.3, 0.4) is 0 Å². The van der Waals surface area contributed by atoms with E-state index in [0.717, 1.165) is 12.1 Å². The van der Waals surface area contributed by atoms with Gasteiger partial charge in [-0.25, -0.2) is 18.6 Å². The van der Waals surface area contributed by atoms with Gasteiger partial charge in [-0.1, -0.05) is 41.9 Å². The predicted octanol–water partition coefficient (Wildman–Crippen LogP) is 7.88. The van der Waals surface area contributed by atoms with Crippen molar-refractivity contribution in [1.29, 1.82) is 0 Å². The van der Waals surface area contributed by atoms with Crippen LogP contribution >= 0.6 is 11.6 Å². The first-order valence-electron chi connectivity index (χ1n) is 13.6.